The maximum Gasteiger partial charge on any atom is 0.264 e. The van der Waals surface area contributed by atoms with Crippen LogP contribution >= 0.6 is 15.9 Å². The number of benzene rings is 4. The first kappa shape index (κ1) is 32.0. The molecule has 0 saturated heterocycles. The minimum absolute atomic E-state index is 0.0642. The maximum absolute atomic E-state index is 14.4. The van der Waals surface area contributed by atoms with Crippen molar-refractivity contribution < 1.29 is 18.0 Å². The molecule has 0 radical (unpaired) electrons. The van der Waals surface area contributed by atoms with Gasteiger partial charge in [-0.3, -0.25) is 13.9 Å². The van der Waals surface area contributed by atoms with Crippen molar-refractivity contribution in [2.24, 2.45) is 0 Å². The number of amides is 2. The molecule has 1 N–H and O–H groups in total. The molecule has 4 aromatic rings. The van der Waals surface area contributed by atoms with Gasteiger partial charge < -0.3 is 10.2 Å². The van der Waals surface area contributed by atoms with Crippen molar-refractivity contribution >= 4 is 43.5 Å². The fourth-order valence-corrected chi connectivity index (χ4v) is 6.50. The third-order valence-electron chi connectivity index (χ3n) is 7.00. The van der Waals surface area contributed by atoms with Crippen molar-refractivity contribution in [2.75, 3.05) is 17.4 Å². The van der Waals surface area contributed by atoms with Gasteiger partial charge in [0.25, 0.3) is 10.0 Å². The van der Waals surface area contributed by atoms with E-state index in [1.54, 1.807) is 42.5 Å². The SMILES string of the molecule is CCCNC(=O)[C@H](Cc1ccccc1)N(Cc1ccc(C)cc1)C(=O)CN(c1cccc(Br)c1)S(=O)(=O)c1ccccc1. The number of aryl methyl sites for hydroxylation is 1. The molecule has 0 unspecified atom stereocenters. The average Bonchev–Trinajstić information content (AvgIpc) is 3.02. The zero-order valence-corrected chi connectivity index (χ0v) is 26.7. The molecule has 0 fully saturated rings. The number of hydrogen-bond donors (Lipinski definition) is 1. The lowest BCUT2D eigenvalue weighted by atomic mass is 10.0. The minimum atomic E-state index is -4.13. The lowest BCUT2D eigenvalue weighted by Gasteiger charge is -2.34. The van der Waals surface area contributed by atoms with Gasteiger partial charge in [0.05, 0.1) is 10.6 Å². The number of nitrogens with zero attached hydrogens (tertiary/aromatic N) is 2. The summed E-state index contributed by atoms with van der Waals surface area (Å²) >= 11 is 3.43. The largest absolute Gasteiger partial charge is 0.354 e. The Balaban J connectivity index is 1.78. The molecule has 1 atom stereocenters. The van der Waals surface area contributed by atoms with Crippen LogP contribution in [0.2, 0.25) is 0 Å². The quantitative estimate of drug-likeness (QED) is 0.187. The van der Waals surface area contributed by atoms with Gasteiger partial charge in [-0.05, 0) is 54.8 Å². The van der Waals surface area contributed by atoms with Crippen LogP contribution < -0.4 is 9.62 Å². The van der Waals surface area contributed by atoms with Crippen LogP contribution in [0.1, 0.15) is 30.0 Å². The standard InChI is InChI=1S/C34H36BrN3O4S/c1-3-21-36-34(40)32(22-27-11-6-4-7-12-27)37(24-28-19-17-26(2)18-20-28)33(39)25-38(30-14-10-13-29(35)23-30)43(41,42)31-15-8-5-9-16-31/h4-20,23,32H,3,21-22,24-25H2,1-2H3,(H,36,40)/t32-/m0/s1. The Bertz CT molecular complexity index is 1610. The maximum atomic E-state index is 14.4. The van der Waals surface area contributed by atoms with Crippen molar-refractivity contribution in [1.82, 2.24) is 10.2 Å². The normalized spacial score (nSPS) is 11.9. The molecule has 7 nitrogen and oxygen atoms in total. The lowest BCUT2D eigenvalue weighted by Crippen LogP contribution is -2.53. The summed E-state index contributed by atoms with van der Waals surface area (Å²) in [6, 6.07) is 31.3. The molecule has 0 aromatic heterocycles. The van der Waals surface area contributed by atoms with E-state index in [9.17, 15) is 18.0 Å². The lowest BCUT2D eigenvalue weighted by molar-refractivity contribution is -0.140. The molecule has 43 heavy (non-hydrogen) atoms. The summed E-state index contributed by atoms with van der Waals surface area (Å²) in [5.74, 6) is -0.779. The van der Waals surface area contributed by atoms with Crippen LogP contribution in [-0.2, 0) is 32.6 Å². The molecule has 4 rings (SSSR count). The van der Waals surface area contributed by atoms with Gasteiger partial charge >= 0.3 is 0 Å². The molecule has 0 aliphatic carbocycles. The Kier molecular flexibility index (Phi) is 11.1. The third-order valence-corrected chi connectivity index (χ3v) is 9.28. The highest BCUT2D eigenvalue weighted by Crippen LogP contribution is 2.27. The summed E-state index contributed by atoms with van der Waals surface area (Å²) in [6.07, 6.45) is 1.01. The van der Waals surface area contributed by atoms with E-state index in [2.05, 4.69) is 21.2 Å². The van der Waals surface area contributed by atoms with Gasteiger partial charge in [-0.25, -0.2) is 8.42 Å². The van der Waals surface area contributed by atoms with E-state index >= 15 is 0 Å². The fourth-order valence-electron chi connectivity index (χ4n) is 4.69. The number of carbonyl (C=O) groups is 2. The van der Waals surface area contributed by atoms with Crippen LogP contribution in [0.15, 0.2) is 119 Å². The zero-order valence-electron chi connectivity index (χ0n) is 24.3. The third kappa shape index (κ3) is 8.55. The van der Waals surface area contributed by atoms with Crippen molar-refractivity contribution in [1.29, 1.82) is 0 Å². The zero-order chi connectivity index (χ0) is 30.8. The second-order valence-electron chi connectivity index (χ2n) is 10.3. The number of anilines is 1. The molecular formula is C34H36BrN3O4S. The number of carbonyl (C=O) groups excluding carboxylic acids is 2. The number of hydrogen-bond acceptors (Lipinski definition) is 4. The highest BCUT2D eigenvalue weighted by atomic mass is 79.9. The molecule has 224 valence electrons. The van der Waals surface area contributed by atoms with Crippen molar-refractivity contribution in [2.45, 2.75) is 44.2 Å². The van der Waals surface area contributed by atoms with Crippen LogP contribution in [-0.4, -0.2) is 44.3 Å². The Hall–Kier alpha value is -3.95. The number of sulfonamides is 1. The van der Waals surface area contributed by atoms with Gasteiger partial charge in [0.1, 0.15) is 12.6 Å². The summed E-state index contributed by atoms with van der Waals surface area (Å²) in [6.45, 7) is 4.04. The van der Waals surface area contributed by atoms with Gasteiger partial charge in [0.2, 0.25) is 11.8 Å². The predicted molar refractivity (Wildman–Crippen MR) is 174 cm³/mol. The smallest absolute Gasteiger partial charge is 0.264 e. The van der Waals surface area contributed by atoms with Crippen LogP contribution in [0.25, 0.3) is 0 Å². The molecule has 0 aliphatic heterocycles. The van der Waals surface area contributed by atoms with Crippen LogP contribution in [0.3, 0.4) is 0 Å². The number of rotatable bonds is 13. The number of halogens is 1. The van der Waals surface area contributed by atoms with E-state index in [1.807, 2.05) is 68.4 Å². The fraction of sp³-hybridized carbons (Fsp3) is 0.235. The summed E-state index contributed by atoms with van der Waals surface area (Å²) in [7, 11) is -4.13. The monoisotopic (exact) mass is 661 g/mol. The first-order valence-corrected chi connectivity index (χ1v) is 16.4. The summed E-state index contributed by atoms with van der Waals surface area (Å²) < 4.78 is 29.8. The Labute approximate surface area is 262 Å². The van der Waals surface area contributed by atoms with Gasteiger partial charge in [-0.15, -0.1) is 0 Å². The second-order valence-corrected chi connectivity index (χ2v) is 13.1. The van der Waals surface area contributed by atoms with Crippen LogP contribution in [0.4, 0.5) is 5.69 Å². The summed E-state index contributed by atoms with van der Waals surface area (Å²) in [5.41, 5.74) is 3.12. The van der Waals surface area contributed by atoms with E-state index in [0.29, 0.717) is 16.7 Å². The molecule has 9 heteroatoms. The van der Waals surface area contributed by atoms with Gasteiger partial charge in [-0.2, -0.15) is 0 Å². The minimum Gasteiger partial charge on any atom is -0.354 e. The van der Waals surface area contributed by atoms with Crippen molar-refractivity contribution in [3.8, 4) is 0 Å². The number of nitrogens with one attached hydrogen (secondary N) is 1. The first-order chi connectivity index (χ1) is 20.7. The van der Waals surface area contributed by atoms with E-state index in [4.69, 9.17) is 0 Å². The van der Waals surface area contributed by atoms with Crippen molar-refractivity contribution in [3.63, 3.8) is 0 Å². The van der Waals surface area contributed by atoms with E-state index in [1.165, 1.54) is 17.0 Å². The van der Waals surface area contributed by atoms with Crippen LogP contribution in [0.5, 0.6) is 0 Å². The van der Waals surface area contributed by atoms with Gasteiger partial charge in [0.15, 0.2) is 0 Å². The predicted octanol–water partition coefficient (Wildman–Crippen LogP) is 6.12. The molecular weight excluding hydrogens is 626 g/mol. The summed E-state index contributed by atoms with van der Waals surface area (Å²) in [4.78, 5) is 29.6. The molecule has 0 aliphatic rings. The molecule has 0 saturated carbocycles. The molecule has 0 heterocycles. The first-order valence-electron chi connectivity index (χ1n) is 14.2. The molecule has 2 amide bonds. The topological polar surface area (TPSA) is 86.8 Å². The van der Waals surface area contributed by atoms with Gasteiger partial charge in [0, 0.05) is 24.0 Å². The highest BCUT2D eigenvalue weighted by molar-refractivity contribution is 9.10. The van der Waals surface area contributed by atoms with E-state index in [-0.39, 0.29) is 23.8 Å². The Morgan fingerprint density at radius 2 is 1.49 bits per heavy atom. The van der Waals surface area contributed by atoms with E-state index < -0.39 is 28.5 Å². The highest BCUT2D eigenvalue weighted by Gasteiger charge is 2.34. The Morgan fingerprint density at radius 3 is 2.12 bits per heavy atom. The summed E-state index contributed by atoms with van der Waals surface area (Å²) in [5, 5.41) is 2.96. The average molecular weight is 663 g/mol. The van der Waals surface area contributed by atoms with Gasteiger partial charge in [-0.1, -0.05) is 107 Å². The Morgan fingerprint density at radius 1 is 0.837 bits per heavy atom. The van der Waals surface area contributed by atoms with Crippen molar-refractivity contribution in [3.05, 3.63) is 130 Å². The van der Waals surface area contributed by atoms with E-state index in [0.717, 1.165) is 27.4 Å². The molecule has 0 bridgehead atoms. The van der Waals surface area contributed by atoms with Crippen LogP contribution in [0, 0.1) is 6.92 Å². The molecule has 0 spiro atoms. The second kappa shape index (κ2) is 15.0. The molecule has 4 aromatic carbocycles.